The molecule has 1 aromatic carbocycles. The van der Waals surface area contributed by atoms with E-state index in [4.69, 9.17) is 9.15 Å². The van der Waals surface area contributed by atoms with Crippen molar-refractivity contribution in [2.24, 2.45) is 0 Å². The zero-order valence-electron chi connectivity index (χ0n) is 12.9. The summed E-state index contributed by atoms with van der Waals surface area (Å²) in [4.78, 5) is 13.3. The van der Waals surface area contributed by atoms with Crippen molar-refractivity contribution in [1.29, 1.82) is 0 Å². The Morgan fingerprint density at radius 3 is 2.64 bits per heavy atom. The predicted octanol–water partition coefficient (Wildman–Crippen LogP) is 5.03. The Morgan fingerprint density at radius 2 is 2.00 bits per heavy atom. The van der Waals surface area contributed by atoms with Crippen LogP contribution in [0.25, 0.3) is 10.8 Å². The van der Waals surface area contributed by atoms with Gasteiger partial charge in [-0.15, -0.1) is 21.5 Å². The lowest BCUT2D eigenvalue weighted by atomic mass is 10.2. The highest BCUT2D eigenvalue weighted by Gasteiger charge is 2.20. The van der Waals surface area contributed by atoms with E-state index in [-0.39, 0.29) is 11.5 Å². The number of nitrogens with zero attached hydrogens (tertiary/aromatic N) is 2. The molecule has 0 saturated heterocycles. The lowest BCUT2D eigenvalue weighted by Crippen LogP contribution is -2.09. The van der Waals surface area contributed by atoms with E-state index in [0.717, 1.165) is 4.88 Å². The number of halogens is 2. The molecule has 2 aromatic heterocycles. The number of hydrogen-bond donors (Lipinski definition) is 0. The second-order valence-electron chi connectivity index (χ2n) is 4.87. The molecular formula is C16H12F2N2O3S2. The van der Waals surface area contributed by atoms with Crippen LogP contribution in [0, 0.1) is 0 Å². The number of carbonyl (C=O) groups is 1. The molecule has 9 heteroatoms. The lowest BCUT2D eigenvalue weighted by Gasteiger charge is -2.09. The second-order valence-corrected chi connectivity index (χ2v) is 6.88. The van der Waals surface area contributed by atoms with E-state index in [1.54, 1.807) is 6.92 Å². The van der Waals surface area contributed by atoms with Crippen LogP contribution in [-0.2, 0) is 4.74 Å². The summed E-state index contributed by atoms with van der Waals surface area (Å²) in [5.74, 6) is -2.56. The molecule has 0 spiro atoms. The molecule has 0 amide bonds. The molecule has 25 heavy (non-hydrogen) atoms. The third-order valence-corrected chi connectivity index (χ3v) is 4.70. The van der Waals surface area contributed by atoms with Crippen LogP contribution in [0.4, 0.5) is 8.78 Å². The fourth-order valence-corrected chi connectivity index (χ4v) is 3.09. The van der Waals surface area contributed by atoms with Crippen LogP contribution < -0.4 is 0 Å². The van der Waals surface area contributed by atoms with Crippen molar-refractivity contribution < 1.29 is 22.7 Å². The topological polar surface area (TPSA) is 65.2 Å². The Bertz CT molecular complexity index is 835. The first-order valence-corrected chi connectivity index (χ1v) is 8.92. The van der Waals surface area contributed by atoms with Crippen LogP contribution >= 0.6 is 23.1 Å². The van der Waals surface area contributed by atoms with Crippen molar-refractivity contribution in [2.45, 2.75) is 23.7 Å². The van der Waals surface area contributed by atoms with Gasteiger partial charge < -0.3 is 9.15 Å². The number of carbonyl (C=O) groups excluding carboxylic acids is 1. The van der Waals surface area contributed by atoms with Gasteiger partial charge in [-0.25, -0.2) is 4.79 Å². The molecule has 0 aliphatic rings. The molecule has 0 radical (unpaired) electrons. The Balaban J connectivity index is 1.64. The van der Waals surface area contributed by atoms with Gasteiger partial charge in [0.1, 0.15) is 0 Å². The number of hydrogen-bond acceptors (Lipinski definition) is 7. The van der Waals surface area contributed by atoms with E-state index in [1.165, 1.54) is 35.6 Å². The first-order valence-electron chi connectivity index (χ1n) is 7.16. The summed E-state index contributed by atoms with van der Waals surface area (Å²) in [6, 6.07) is 9.47. The molecule has 0 aliphatic carbocycles. The summed E-state index contributed by atoms with van der Waals surface area (Å²) in [7, 11) is 0. The summed E-state index contributed by atoms with van der Waals surface area (Å²) in [6.07, 6.45) is -0.733. The van der Waals surface area contributed by atoms with Gasteiger partial charge in [-0.05, 0) is 42.6 Å². The van der Waals surface area contributed by atoms with E-state index < -0.39 is 17.8 Å². The average molecular weight is 382 g/mol. The molecule has 2 heterocycles. The van der Waals surface area contributed by atoms with Gasteiger partial charge >= 0.3 is 5.97 Å². The van der Waals surface area contributed by atoms with Crippen LogP contribution in [0.15, 0.2) is 51.1 Å². The Labute approximate surface area is 150 Å². The fourth-order valence-electron chi connectivity index (χ4n) is 1.95. The first kappa shape index (κ1) is 17.6. The number of rotatable bonds is 6. The maximum Gasteiger partial charge on any atom is 0.338 e. The minimum atomic E-state index is -2.51. The average Bonchev–Trinajstić information content (AvgIpc) is 3.26. The first-order chi connectivity index (χ1) is 12.0. The minimum Gasteiger partial charge on any atom is -0.449 e. The van der Waals surface area contributed by atoms with Gasteiger partial charge in [-0.2, -0.15) is 8.78 Å². The van der Waals surface area contributed by atoms with Crippen molar-refractivity contribution in [3.8, 4) is 10.8 Å². The zero-order valence-corrected chi connectivity index (χ0v) is 14.5. The van der Waals surface area contributed by atoms with Crippen molar-refractivity contribution in [3.63, 3.8) is 0 Å². The molecule has 1 atom stereocenters. The molecule has 0 N–H and O–H groups in total. The largest absolute Gasteiger partial charge is 0.449 e. The lowest BCUT2D eigenvalue weighted by molar-refractivity contribution is 0.0280. The second kappa shape index (κ2) is 7.75. The molecule has 0 fully saturated rings. The Hall–Kier alpha value is -2.26. The smallest absolute Gasteiger partial charge is 0.338 e. The van der Waals surface area contributed by atoms with Gasteiger partial charge in [0.15, 0.2) is 6.10 Å². The quantitative estimate of drug-likeness (QED) is 0.440. The standard InChI is InChI=1S/C16H12F2N2O3S2/c1-9(13-19-20-14(23-13)12-3-2-8-24-12)22-15(21)10-4-6-11(7-5-10)25-16(17)18/h2-9,16H,1H3. The SMILES string of the molecule is CC(OC(=O)c1ccc(SC(F)F)cc1)c1nnc(-c2cccs2)o1. The van der Waals surface area contributed by atoms with Gasteiger partial charge in [0.2, 0.25) is 0 Å². The minimum absolute atomic E-state index is 0.182. The molecule has 3 rings (SSSR count). The summed E-state index contributed by atoms with van der Waals surface area (Å²) < 4.78 is 35.4. The maximum atomic E-state index is 12.3. The van der Waals surface area contributed by atoms with Gasteiger partial charge in [0, 0.05) is 4.90 Å². The number of esters is 1. The van der Waals surface area contributed by atoms with Crippen LogP contribution in [0.2, 0.25) is 0 Å². The van der Waals surface area contributed by atoms with E-state index in [0.29, 0.717) is 22.5 Å². The number of ether oxygens (including phenoxy) is 1. The van der Waals surface area contributed by atoms with Crippen LogP contribution in [0.3, 0.4) is 0 Å². The molecule has 0 saturated carbocycles. The Morgan fingerprint density at radius 1 is 1.24 bits per heavy atom. The van der Waals surface area contributed by atoms with Crippen molar-refractivity contribution in [1.82, 2.24) is 10.2 Å². The molecule has 0 bridgehead atoms. The van der Waals surface area contributed by atoms with E-state index in [2.05, 4.69) is 10.2 Å². The summed E-state index contributed by atoms with van der Waals surface area (Å²) in [5.41, 5.74) is 0.253. The van der Waals surface area contributed by atoms with Crippen molar-refractivity contribution in [2.75, 3.05) is 0 Å². The molecule has 3 aromatic rings. The highest BCUT2D eigenvalue weighted by Crippen LogP contribution is 2.27. The fraction of sp³-hybridized carbons (Fsp3) is 0.188. The van der Waals surface area contributed by atoms with Gasteiger partial charge in [0.25, 0.3) is 17.5 Å². The predicted molar refractivity (Wildman–Crippen MR) is 89.7 cm³/mol. The highest BCUT2D eigenvalue weighted by molar-refractivity contribution is 7.99. The Kier molecular flexibility index (Phi) is 5.44. The van der Waals surface area contributed by atoms with Crippen molar-refractivity contribution in [3.05, 3.63) is 53.2 Å². The van der Waals surface area contributed by atoms with Crippen molar-refractivity contribution >= 4 is 29.1 Å². The molecule has 1 unspecified atom stereocenters. The maximum absolute atomic E-state index is 12.3. The van der Waals surface area contributed by atoms with Gasteiger partial charge in [-0.3, -0.25) is 0 Å². The molecule has 0 aliphatic heterocycles. The third-order valence-electron chi connectivity index (χ3n) is 3.12. The van der Waals surface area contributed by atoms with Crippen LogP contribution in [0.1, 0.15) is 29.3 Å². The van der Waals surface area contributed by atoms with Crippen LogP contribution in [-0.4, -0.2) is 21.9 Å². The van der Waals surface area contributed by atoms with Gasteiger partial charge in [0.05, 0.1) is 10.4 Å². The van der Waals surface area contributed by atoms with Crippen LogP contribution in [0.5, 0.6) is 0 Å². The van der Waals surface area contributed by atoms with E-state index in [9.17, 15) is 13.6 Å². The normalized spacial score (nSPS) is 12.3. The summed E-state index contributed by atoms with van der Waals surface area (Å²) >= 11 is 1.87. The third kappa shape index (κ3) is 4.43. The molecular weight excluding hydrogens is 370 g/mol. The van der Waals surface area contributed by atoms with E-state index >= 15 is 0 Å². The molecule has 5 nitrogen and oxygen atoms in total. The number of thioether (sulfide) groups is 1. The zero-order chi connectivity index (χ0) is 17.8. The number of thiophene rings is 1. The monoisotopic (exact) mass is 382 g/mol. The van der Waals surface area contributed by atoms with E-state index in [1.807, 2.05) is 17.5 Å². The number of benzene rings is 1. The highest BCUT2D eigenvalue weighted by atomic mass is 32.2. The summed E-state index contributed by atoms with van der Waals surface area (Å²) in [6.45, 7) is 1.62. The molecule has 130 valence electrons. The summed E-state index contributed by atoms with van der Waals surface area (Å²) in [5, 5.41) is 9.71. The number of aromatic nitrogens is 2. The number of alkyl halides is 2. The van der Waals surface area contributed by atoms with Gasteiger partial charge in [-0.1, -0.05) is 17.8 Å².